The molecule has 28 heavy (non-hydrogen) atoms. The predicted octanol–water partition coefficient (Wildman–Crippen LogP) is 3.78. The largest absolute Gasteiger partial charge is 0.324 e. The average molecular weight is 373 g/mol. The van der Waals surface area contributed by atoms with Crippen LogP contribution in [0.3, 0.4) is 0 Å². The van der Waals surface area contributed by atoms with Crippen LogP contribution in [-0.4, -0.2) is 26.1 Å². The fourth-order valence-corrected chi connectivity index (χ4v) is 2.73. The van der Waals surface area contributed by atoms with Gasteiger partial charge in [0.1, 0.15) is 12.4 Å². The van der Waals surface area contributed by atoms with Gasteiger partial charge in [-0.2, -0.15) is 4.80 Å². The van der Waals surface area contributed by atoms with E-state index in [4.69, 9.17) is 0 Å². The molecule has 1 N–H and O–H groups in total. The number of aromatic nitrogens is 4. The molecule has 1 amide bonds. The Labute approximate surface area is 160 Å². The number of amides is 1. The minimum atomic E-state index is -0.339. The first-order valence-corrected chi connectivity index (χ1v) is 8.66. The second kappa shape index (κ2) is 7.79. The summed E-state index contributed by atoms with van der Waals surface area (Å²) in [6, 6.07) is 23.4. The summed E-state index contributed by atoms with van der Waals surface area (Å²) in [6.07, 6.45) is 0. The normalized spacial score (nSPS) is 10.6. The highest BCUT2D eigenvalue weighted by molar-refractivity contribution is 5.90. The summed E-state index contributed by atoms with van der Waals surface area (Å²) in [5, 5.41) is 14.7. The Morgan fingerprint density at radius 3 is 2.21 bits per heavy atom. The maximum absolute atomic E-state index is 13.0. The Morgan fingerprint density at radius 1 is 0.857 bits per heavy atom. The molecule has 0 aliphatic carbocycles. The molecule has 0 fully saturated rings. The summed E-state index contributed by atoms with van der Waals surface area (Å²) in [6.45, 7) is -0.0748. The fourth-order valence-electron chi connectivity index (χ4n) is 2.73. The van der Waals surface area contributed by atoms with Crippen LogP contribution in [0.2, 0.25) is 0 Å². The molecular formula is C21H16FN5O. The zero-order valence-corrected chi connectivity index (χ0v) is 14.8. The van der Waals surface area contributed by atoms with Crippen LogP contribution in [0.25, 0.3) is 22.5 Å². The van der Waals surface area contributed by atoms with Crippen molar-refractivity contribution in [3.8, 4) is 22.5 Å². The van der Waals surface area contributed by atoms with Crippen molar-refractivity contribution in [3.05, 3.63) is 84.7 Å². The minimum absolute atomic E-state index is 0.0748. The molecule has 0 spiro atoms. The highest BCUT2D eigenvalue weighted by atomic mass is 19.1. The molecule has 0 saturated heterocycles. The number of hydrogen-bond donors (Lipinski definition) is 1. The first-order valence-electron chi connectivity index (χ1n) is 8.66. The molecule has 1 aromatic heterocycles. The Balaban J connectivity index is 1.39. The van der Waals surface area contributed by atoms with Crippen molar-refractivity contribution >= 4 is 11.6 Å². The van der Waals surface area contributed by atoms with Crippen molar-refractivity contribution < 1.29 is 9.18 Å². The molecule has 0 atom stereocenters. The van der Waals surface area contributed by atoms with Gasteiger partial charge in [-0.15, -0.1) is 10.2 Å². The van der Waals surface area contributed by atoms with Crippen LogP contribution in [0.1, 0.15) is 0 Å². The minimum Gasteiger partial charge on any atom is -0.324 e. The van der Waals surface area contributed by atoms with Crippen LogP contribution >= 0.6 is 0 Å². The first kappa shape index (κ1) is 17.5. The smallest absolute Gasteiger partial charge is 0.248 e. The molecule has 138 valence electrons. The molecule has 0 aliphatic heterocycles. The summed E-state index contributed by atoms with van der Waals surface area (Å²) >= 11 is 0. The van der Waals surface area contributed by atoms with E-state index >= 15 is 0 Å². The second-order valence-electron chi connectivity index (χ2n) is 6.14. The van der Waals surface area contributed by atoms with Crippen LogP contribution in [0.5, 0.6) is 0 Å². The summed E-state index contributed by atoms with van der Waals surface area (Å²) < 4.78 is 13.0. The third-order valence-electron chi connectivity index (χ3n) is 4.12. The van der Waals surface area contributed by atoms with E-state index in [9.17, 15) is 9.18 Å². The summed E-state index contributed by atoms with van der Waals surface area (Å²) in [5.41, 5.74) is 3.49. The van der Waals surface area contributed by atoms with Gasteiger partial charge in [-0.3, -0.25) is 4.79 Å². The van der Waals surface area contributed by atoms with Gasteiger partial charge in [0, 0.05) is 11.3 Å². The van der Waals surface area contributed by atoms with Crippen LogP contribution in [-0.2, 0) is 11.3 Å². The lowest BCUT2D eigenvalue weighted by atomic mass is 10.1. The molecule has 1 heterocycles. The molecular weight excluding hydrogens is 357 g/mol. The van der Waals surface area contributed by atoms with E-state index in [0.717, 1.165) is 11.1 Å². The van der Waals surface area contributed by atoms with Gasteiger partial charge in [-0.1, -0.05) is 42.5 Å². The number of halogens is 1. The van der Waals surface area contributed by atoms with Crippen molar-refractivity contribution in [1.29, 1.82) is 0 Å². The summed E-state index contributed by atoms with van der Waals surface area (Å²) in [7, 11) is 0. The third kappa shape index (κ3) is 4.09. The van der Waals surface area contributed by atoms with Crippen molar-refractivity contribution in [2.45, 2.75) is 6.54 Å². The Bertz CT molecular complexity index is 1080. The Hall–Kier alpha value is -3.87. The SMILES string of the molecule is O=C(Cn1nnc(-c2ccc(F)cc2)n1)Nc1ccc(-c2ccccc2)cc1. The van der Waals surface area contributed by atoms with Gasteiger partial charge < -0.3 is 5.32 Å². The average Bonchev–Trinajstić information content (AvgIpc) is 3.18. The van der Waals surface area contributed by atoms with Crippen molar-refractivity contribution in [3.63, 3.8) is 0 Å². The lowest BCUT2D eigenvalue weighted by Gasteiger charge is -2.06. The van der Waals surface area contributed by atoms with E-state index in [1.165, 1.54) is 16.9 Å². The van der Waals surface area contributed by atoms with Crippen LogP contribution in [0, 0.1) is 5.82 Å². The molecule has 0 radical (unpaired) electrons. The number of tetrazole rings is 1. The third-order valence-corrected chi connectivity index (χ3v) is 4.12. The molecule has 7 heteroatoms. The van der Waals surface area contributed by atoms with Crippen LogP contribution in [0.15, 0.2) is 78.9 Å². The van der Waals surface area contributed by atoms with E-state index in [2.05, 4.69) is 20.7 Å². The quantitative estimate of drug-likeness (QED) is 0.578. The van der Waals surface area contributed by atoms with E-state index in [0.29, 0.717) is 17.1 Å². The van der Waals surface area contributed by atoms with Crippen molar-refractivity contribution in [2.24, 2.45) is 0 Å². The predicted molar refractivity (Wildman–Crippen MR) is 104 cm³/mol. The highest BCUT2D eigenvalue weighted by Gasteiger charge is 2.10. The van der Waals surface area contributed by atoms with E-state index in [1.54, 1.807) is 12.1 Å². The maximum atomic E-state index is 13.0. The van der Waals surface area contributed by atoms with Gasteiger partial charge >= 0.3 is 0 Å². The zero-order chi connectivity index (χ0) is 19.3. The molecule has 4 aromatic rings. The van der Waals surface area contributed by atoms with Gasteiger partial charge in [-0.05, 0) is 52.7 Å². The van der Waals surface area contributed by atoms with Gasteiger partial charge in [-0.25, -0.2) is 4.39 Å². The molecule has 4 rings (SSSR count). The standard InChI is InChI=1S/C21H16FN5O/c22-18-10-6-17(7-11-18)21-24-26-27(25-21)14-20(28)23-19-12-8-16(9-13-19)15-4-2-1-3-5-15/h1-13H,14H2,(H,23,28). The van der Waals surface area contributed by atoms with Gasteiger partial charge in [0.15, 0.2) is 0 Å². The number of hydrogen-bond acceptors (Lipinski definition) is 4. The number of anilines is 1. The number of nitrogens with one attached hydrogen (secondary N) is 1. The Kier molecular flexibility index (Phi) is 4.88. The van der Waals surface area contributed by atoms with E-state index in [-0.39, 0.29) is 18.3 Å². The highest BCUT2D eigenvalue weighted by Crippen LogP contribution is 2.21. The number of carbonyl (C=O) groups is 1. The van der Waals surface area contributed by atoms with E-state index in [1.807, 2.05) is 54.6 Å². The first-order chi connectivity index (χ1) is 13.7. The molecule has 3 aromatic carbocycles. The lowest BCUT2D eigenvalue weighted by molar-refractivity contribution is -0.117. The molecule has 0 bridgehead atoms. The number of carbonyl (C=O) groups excluding carboxylic acids is 1. The molecule has 0 aliphatic rings. The number of nitrogens with zero attached hydrogens (tertiary/aromatic N) is 4. The van der Waals surface area contributed by atoms with Crippen molar-refractivity contribution in [1.82, 2.24) is 20.2 Å². The maximum Gasteiger partial charge on any atom is 0.248 e. The number of rotatable bonds is 5. The monoisotopic (exact) mass is 373 g/mol. The van der Waals surface area contributed by atoms with Gasteiger partial charge in [0.05, 0.1) is 0 Å². The lowest BCUT2D eigenvalue weighted by Crippen LogP contribution is -2.20. The zero-order valence-electron chi connectivity index (χ0n) is 14.8. The fraction of sp³-hybridized carbons (Fsp3) is 0.0476. The van der Waals surface area contributed by atoms with Gasteiger partial charge in [0.2, 0.25) is 11.7 Å². The summed E-state index contributed by atoms with van der Waals surface area (Å²) in [4.78, 5) is 13.4. The molecule has 6 nitrogen and oxygen atoms in total. The molecule has 0 saturated carbocycles. The topological polar surface area (TPSA) is 72.7 Å². The van der Waals surface area contributed by atoms with Crippen LogP contribution in [0.4, 0.5) is 10.1 Å². The second-order valence-corrected chi connectivity index (χ2v) is 6.14. The Morgan fingerprint density at radius 2 is 1.50 bits per heavy atom. The molecule has 0 unspecified atom stereocenters. The van der Waals surface area contributed by atoms with Gasteiger partial charge in [0.25, 0.3) is 0 Å². The van der Waals surface area contributed by atoms with E-state index < -0.39 is 0 Å². The number of benzene rings is 3. The van der Waals surface area contributed by atoms with Crippen LogP contribution < -0.4 is 5.32 Å². The summed E-state index contributed by atoms with van der Waals surface area (Å²) in [5.74, 6) is -0.274. The van der Waals surface area contributed by atoms with Crippen molar-refractivity contribution in [2.75, 3.05) is 5.32 Å².